The molecule has 2 aromatic heterocycles. The molecule has 3 rings (SSSR count). The van der Waals surface area contributed by atoms with Crippen LogP contribution in [0.5, 0.6) is 0 Å². The zero-order valence-electron chi connectivity index (χ0n) is 10.9. The van der Waals surface area contributed by atoms with Crippen LogP contribution in [-0.2, 0) is 6.54 Å². The standard InChI is InChI=1S/C14H18N4S/c19-14-17-16-13(12-6-3-8-15-10-12)18(14)9-7-11-4-1-2-5-11/h3,6,8,10-11H,1-2,4-5,7,9H2,(H,17,19). The number of rotatable bonds is 4. The Hall–Kier alpha value is -1.49. The fraction of sp³-hybridized carbons (Fsp3) is 0.500. The van der Waals surface area contributed by atoms with Gasteiger partial charge < -0.3 is 4.57 Å². The molecule has 0 radical (unpaired) electrons. The Morgan fingerprint density at radius 2 is 2.21 bits per heavy atom. The van der Waals surface area contributed by atoms with Gasteiger partial charge >= 0.3 is 0 Å². The van der Waals surface area contributed by atoms with Crippen LogP contribution >= 0.6 is 12.2 Å². The highest BCUT2D eigenvalue weighted by molar-refractivity contribution is 7.71. The predicted molar refractivity (Wildman–Crippen MR) is 77.2 cm³/mol. The Morgan fingerprint density at radius 1 is 1.37 bits per heavy atom. The van der Waals surface area contributed by atoms with E-state index >= 15 is 0 Å². The second kappa shape index (κ2) is 5.65. The van der Waals surface area contributed by atoms with Gasteiger partial charge in [0.2, 0.25) is 0 Å². The van der Waals surface area contributed by atoms with Crippen molar-refractivity contribution in [3.8, 4) is 11.4 Å². The topological polar surface area (TPSA) is 46.5 Å². The summed E-state index contributed by atoms with van der Waals surface area (Å²) in [5.74, 6) is 1.76. The average Bonchev–Trinajstić information content (AvgIpc) is 3.07. The summed E-state index contributed by atoms with van der Waals surface area (Å²) >= 11 is 5.34. The number of hydrogen-bond donors (Lipinski definition) is 1. The number of aromatic nitrogens is 4. The number of H-pyrrole nitrogens is 1. The van der Waals surface area contributed by atoms with Crippen LogP contribution in [0.4, 0.5) is 0 Å². The van der Waals surface area contributed by atoms with E-state index < -0.39 is 0 Å². The van der Waals surface area contributed by atoms with Crippen LogP contribution < -0.4 is 0 Å². The first-order valence-corrected chi connectivity index (χ1v) is 7.31. The minimum absolute atomic E-state index is 0.705. The second-order valence-corrected chi connectivity index (χ2v) is 5.57. The van der Waals surface area contributed by atoms with Gasteiger partial charge in [0, 0.05) is 24.5 Å². The summed E-state index contributed by atoms with van der Waals surface area (Å²) in [4.78, 5) is 4.15. The maximum Gasteiger partial charge on any atom is 0.195 e. The van der Waals surface area contributed by atoms with Crippen LogP contribution in [0.25, 0.3) is 11.4 Å². The predicted octanol–water partition coefficient (Wildman–Crippen LogP) is 3.58. The van der Waals surface area contributed by atoms with Gasteiger partial charge in [-0.15, -0.1) is 0 Å². The summed E-state index contributed by atoms with van der Waals surface area (Å²) in [6, 6.07) is 3.94. The Morgan fingerprint density at radius 3 is 2.95 bits per heavy atom. The van der Waals surface area contributed by atoms with E-state index in [0.29, 0.717) is 4.77 Å². The number of aromatic amines is 1. The van der Waals surface area contributed by atoms with Crippen molar-refractivity contribution in [1.29, 1.82) is 0 Å². The van der Waals surface area contributed by atoms with Crippen LogP contribution in [0.3, 0.4) is 0 Å². The van der Waals surface area contributed by atoms with Crippen molar-refractivity contribution in [3.05, 3.63) is 29.3 Å². The van der Waals surface area contributed by atoms with Crippen molar-refractivity contribution in [2.45, 2.75) is 38.6 Å². The van der Waals surface area contributed by atoms with Crippen LogP contribution in [0.1, 0.15) is 32.1 Å². The van der Waals surface area contributed by atoms with Crippen molar-refractivity contribution >= 4 is 12.2 Å². The monoisotopic (exact) mass is 274 g/mol. The highest BCUT2D eigenvalue weighted by Gasteiger charge is 2.16. The molecule has 2 heterocycles. The van der Waals surface area contributed by atoms with Crippen molar-refractivity contribution in [1.82, 2.24) is 19.7 Å². The minimum Gasteiger partial charge on any atom is -0.300 e. The molecule has 19 heavy (non-hydrogen) atoms. The van der Waals surface area contributed by atoms with Gasteiger partial charge in [-0.3, -0.25) is 10.1 Å². The van der Waals surface area contributed by atoms with Crippen molar-refractivity contribution in [2.24, 2.45) is 5.92 Å². The van der Waals surface area contributed by atoms with Gasteiger partial charge in [0.15, 0.2) is 10.6 Å². The number of nitrogens with zero attached hydrogens (tertiary/aromatic N) is 3. The van der Waals surface area contributed by atoms with E-state index in [0.717, 1.165) is 23.9 Å². The molecular formula is C14H18N4S. The normalized spacial score (nSPS) is 16.0. The summed E-state index contributed by atoms with van der Waals surface area (Å²) in [5.41, 5.74) is 1.02. The van der Waals surface area contributed by atoms with E-state index in [1.54, 1.807) is 6.20 Å². The molecule has 5 heteroatoms. The molecule has 0 bridgehead atoms. The number of pyridine rings is 1. The van der Waals surface area contributed by atoms with Crippen molar-refractivity contribution < 1.29 is 0 Å². The first kappa shape index (κ1) is 12.5. The molecule has 4 nitrogen and oxygen atoms in total. The number of hydrogen-bond acceptors (Lipinski definition) is 3. The van der Waals surface area contributed by atoms with Gasteiger partial charge in [-0.05, 0) is 36.7 Å². The fourth-order valence-corrected chi connectivity index (χ4v) is 3.07. The van der Waals surface area contributed by atoms with E-state index in [1.165, 1.54) is 32.1 Å². The second-order valence-electron chi connectivity index (χ2n) is 5.18. The molecule has 0 aliphatic heterocycles. The molecule has 2 aromatic rings. The van der Waals surface area contributed by atoms with E-state index in [4.69, 9.17) is 12.2 Å². The quantitative estimate of drug-likeness (QED) is 0.867. The highest BCUT2D eigenvalue weighted by atomic mass is 32.1. The molecule has 0 aromatic carbocycles. The van der Waals surface area contributed by atoms with Crippen LogP contribution in [0.15, 0.2) is 24.5 Å². The van der Waals surface area contributed by atoms with Gasteiger partial charge in [0.05, 0.1) is 0 Å². The van der Waals surface area contributed by atoms with Crippen LogP contribution in [0, 0.1) is 10.7 Å². The van der Waals surface area contributed by atoms with Crippen LogP contribution in [-0.4, -0.2) is 19.7 Å². The largest absolute Gasteiger partial charge is 0.300 e. The first-order valence-electron chi connectivity index (χ1n) is 6.90. The lowest BCUT2D eigenvalue weighted by Gasteiger charge is -2.11. The maximum absolute atomic E-state index is 5.34. The van der Waals surface area contributed by atoms with Gasteiger partial charge in [-0.1, -0.05) is 25.7 Å². The molecule has 0 amide bonds. The third-order valence-corrected chi connectivity index (χ3v) is 4.23. The van der Waals surface area contributed by atoms with Gasteiger partial charge in [0.25, 0.3) is 0 Å². The SMILES string of the molecule is S=c1[nH]nc(-c2cccnc2)n1CCC1CCCC1. The molecule has 1 N–H and O–H groups in total. The summed E-state index contributed by atoms with van der Waals surface area (Å²) in [6.45, 7) is 0.949. The Labute approximate surface area is 117 Å². The Balaban J connectivity index is 1.80. The molecule has 1 fully saturated rings. The number of nitrogens with one attached hydrogen (secondary N) is 1. The third kappa shape index (κ3) is 2.76. The molecule has 100 valence electrons. The zero-order valence-corrected chi connectivity index (χ0v) is 11.7. The lowest BCUT2D eigenvalue weighted by molar-refractivity contribution is 0.457. The molecule has 1 saturated carbocycles. The van der Waals surface area contributed by atoms with Gasteiger partial charge in [-0.2, -0.15) is 5.10 Å². The Bertz CT molecular complexity index is 581. The smallest absolute Gasteiger partial charge is 0.195 e. The first-order chi connectivity index (χ1) is 9.34. The lowest BCUT2D eigenvalue weighted by atomic mass is 10.0. The zero-order chi connectivity index (χ0) is 13.1. The molecule has 0 atom stereocenters. The maximum atomic E-state index is 5.34. The van der Waals surface area contributed by atoms with E-state index in [2.05, 4.69) is 19.7 Å². The minimum atomic E-state index is 0.705. The van der Waals surface area contributed by atoms with E-state index in [1.807, 2.05) is 18.3 Å². The summed E-state index contributed by atoms with van der Waals surface area (Å²) < 4.78 is 2.81. The molecule has 0 unspecified atom stereocenters. The lowest BCUT2D eigenvalue weighted by Crippen LogP contribution is -2.05. The molecular weight excluding hydrogens is 256 g/mol. The summed E-state index contributed by atoms with van der Waals surface area (Å²) in [6.07, 6.45) is 10.3. The molecule has 1 aliphatic rings. The van der Waals surface area contributed by atoms with Crippen molar-refractivity contribution in [2.75, 3.05) is 0 Å². The van der Waals surface area contributed by atoms with E-state index in [-0.39, 0.29) is 0 Å². The fourth-order valence-electron chi connectivity index (χ4n) is 2.85. The average molecular weight is 274 g/mol. The third-order valence-electron chi connectivity index (χ3n) is 3.91. The summed E-state index contributed by atoms with van der Waals surface area (Å²) in [7, 11) is 0. The molecule has 0 spiro atoms. The van der Waals surface area contributed by atoms with Gasteiger partial charge in [0.1, 0.15) is 0 Å². The van der Waals surface area contributed by atoms with Crippen molar-refractivity contribution in [3.63, 3.8) is 0 Å². The Kier molecular flexibility index (Phi) is 3.73. The van der Waals surface area contributed by atoms with Crippen LogP contribution in [0.2, 0.25) is 0 Å². The highest BCUT2D eigenvalue weighted by Crippen LogP contribution is 2.28. The van der Waals surface area contributed by atoms with Gasteiger partial charge in [-0.25, -0.2) is 0 Å². The molecule has 0 saturated heterocycles. The molecule has 1 aliphatic carbocycles. The summed E-state index contributed by atoms with van der Waals surface area (Å²) in [5, 5.41) is 7.24. The van der Waals surface area contributed by atoms with E-state index in [9.17, 15) is 0 Å².